The standard InChI is InChI=1S/C14H12ClF2N/c1-8(18)9-2-4-13(16)11(6-9)10-3-5-14(17)12(15)7-10/h2-8H,18H2,1H3. The van der Waals surface area contributed by atoms with E-state index in [9.17, 15) is 8.78 Å². The van der Waals surface area contributed by atoms with Crippen LogP contribution in [0.5, 0.6) is 0 Å². The summed E-state index contributed by atoms with van der Waals surface area (Å²) in [7, 11) is 0. The maximum absolute atomic E-state index is 13.8. The zero-order valence-electron chi connectivity index (χ0n) is 9.75. The van der Waals surface area contributed by atoms with Crippen molar-refractivity contribution in [1.82, 2.24) is 0 Å². The van der Waals surface area contributed by atoms with Gasteiger partial charge in [-0.05, 0) is 42.3 Å². The van der Waals surface area contributed by atoms with Crippen molar-refractivity contribution in [1.29, 1.82) is 0 Å². The molecule has 1 nitrogen and oxygen atoms in total. The summed E-state index contributed by atoms with van der Waals surface area (Å²) >= 11 is 5.70. The summed E-state index contributed by atoms with van der Waals surface area (Å²) in [5, 5.41) is -0.0295. The van der Waals surface area contributed by atoms with E-state index in [1.54, 1.807) is 12.1 Å². The van der Waals surface area contributed by atoms with Crippen molar-refractivity contribution in [2.24, 2.45) is 5.73 Å². The average molecular weight is 268 g/mol. The Morgan fingerprint density at radius 1 is 1.06 bits per heavy atom. The molecule has 0 heterocycles. The van der Waals surface area contributed by atoms with Crippen LogP contribution in [0.2, 0.25) is 5.02 Å². The van der Waals surface area contributed by atoms with Crippen LogP contribution in [0, 0.1) is 11.6 Å². The van der Waals surface area contributed by atoms with E-state index in [4.69, 9.17) is 17.3 Å². The fraction of sp³-hybridized carbons (Fsp3) is 0.143. The summed E-state index contributed by atoms with van der Waals surface area (Å²) in [6.07, 6.45) is 0. The van der Waals surface area contributed by atoms with Gasteiger partial charge in [-0.3, -0.25) is 0 Å². The third kappa shape index (κ3) is 2.52. The Morgan fingerprint density at radius 2 is 1.72 bits per heavy atom. The molecule has 0 radical (unpaired) electrons. The average Bonchev–Trinajstić information content (AvgIpc) is 2.33. The maximum Gasteiger partial charge on any atom is 0.141 e. The molecule has 0 fully saturated rings. The summed E-state index contributed by atoms with van der Waals surface area (Å²) in [4.78, 5) is 0. The van der Waals surface area contributed by atoms with Gasteiger partial charge >= 0.3 is 0 Å². The molecule has 94 valence electrons. The van der Waals surface area contributed by atoms with Gasteiger partial charge in [-0.15, -0.1) is 0 Å². The monoisotopic (exact) mass is 267 g/mol. The Kier molecular flexibility index (Phi) is 3.64. The molecule has 0 aromatic heterocycles. The minimum Gasteiger partial charge on any atom is -0.324 e. The fourth-order valence-electron chi connectivity index (χ4n) is 1.71. The van der Waals surface area contributed by atoms with E-state index >= 15 is 0 Å². The molecule has 2 aromatic carbocycles. The SMILES string of the molecule is CC(N)c1ccc(F)c(-c2ccc(F)c(Cl)c2)c1. The molecule has 0 saturated heterocycles. The summed E-state index contributed by atoms with van der Waals surface area (Å²) < 4.78 is 26.9. The van der Waals surface area contributed by atoms with Crippen molar-refractivity contribution in [3.63, 3.8) is 0 Å². The van der Waals surface area contributed by atoms with Gasteiger partial charge in [0.25, 0.3) is 0 Å². The second-order valence-corrected chi connectivity index (χ2v) is 4.56. The third-order valence-electron chi connectivity index (χ3n) is 2.75. The summed E-state index contributed by atoms with van der Waals surface area (Å²) in [5.41, 5.74) is 7.46. The Bertz CT molecular complexity index is 582. The minimum atomic E-state index is -0.524. The molecular weight excluding hydrogens is 256 g/mol. The number of hydrogen-bond donors (Lipinski definition) is 1. The van der Waals surface area contributed by atoms with Gasteiger partial charge in [0.15, 0.2) is 0 Å². The van der Waals surface area contributed by atoms with Crippen LogP contribution in [0.25, 0.3) is 11.1 Å². The van der Waals surface area contributed by atoms with E-state index in [1.807, 2.05) is 6.92 Å². The first-order valence-corrected chi connectivity index (χ1v) is 5.87. The van der Waals surface area contributed by atoms with Crippen molar-refractivity contribution < 1.29 is 8.78 Å². The predicted molar refractivity (Wildman–Crippen MR) is 69.4 cm³/mol. The van der Waals surface area contributed by atoms with Crippen molar-refractivity contribution in [2.45, 2.75) is 13.0 Å². The van der Waals surface area contributed by atoms with Gasteiger partial charge in [-0.1, -0.05) is 23.7 Å². The number of halogens is 3. The Balaban J connectivity index is 2.55. The van der Waals surface area contributed by atoms with Crippen LogP contribution in [0.4, 0.5) is 8.78 Å². The molecule has 0 amide bonds. The second kappa shape index (κ2) is 5.04. The highest BCUT2D eigenvalue weighted by Crippen LogP contribution is 2.28. The van der Waals surface area contributed by atoms with Gasteiger partial charge in [0, 0.05) is 11.6 Å². The topological polar surface area (TPSA) is 26.0 Å². The first-order valence-electron chi connectivity index (χ1n) is 5.49. The molecule has 2 aromatic rings. The zero-order valence-corrected chi connectivity index (χ0v) is 10.5. The smallest absolute Gasteiger partial charge is 0.141 e. The molecule has 1 atom stereocenters. The van der Waals surface area contributed by atoms with E-state index in [-0.39, 0.29) is 16.9 Å². The highest BCUT2D eigenvalue weighted by Gasteiger charge is 2.10. The van der Waals surface area contributed by atoms with Crippen LogP contribution in [0.3, 0.4) is 0 Å². The predicted octanol–water partition coefficient (Wildman–Crippen LogP) is 4.30. The van der Waals surface area contributed by atoms with Crippen LogP contribution in [0.1, 0.15) is 18.5 Å². The molecule has 0 aliphatic heterocycles. The molecular formula is C14H12ClF2N. The number of benzene rings is 2. The molecule has 0 saturated carbocycles. The van der Waals surface area contributed by atoms with Gasteiger partial charge in [0.1, 0.15) is 11.6 Å². The van der Waals surface area contributed by atoms with Crippen LogP contribution < -0.4 is 5.73 Å². The minimum absolute atomic E-state index is 0.0295. The summed E-state index contributed by atoms with van der Waals surface area (Å²) in [6.45, 7) is 1.81. The van der Waals surface area contributed by atoms with Crippen molar-refractivity contribution in [3.8, 4) is 11.1 Å². The third-order valence-corrected chi connectivity index (χ3v) is 3.04. The van der Waals surface area contributed by atoms with Gasteiger partial charge in [-0.2, -0.15) is 0 Å². The first kappa shape index (κ1) is 13.0. The van der Waals surface area contributed by atoms with Gasteiger partial charge in [0.2, 0.25) is 0 Å². The largest absolute Gasteiger partial charge is 0.324 e. The van der Waals surface area contributed by atoms with Crippen molar-refractivity contribution in [2.75, 3.05) is 0 Å². The summed E-state index contributed by atoms with van der Waals surface area (Å²) in [6, 6.07) is 8.56. The molecule has 1 unspecified atom stereocenters. The second-order valence-electron chi connectivity index (χ2n) is 4.16. The zero-order chi connectivity index (χ0) is 13.3. The molecule has 0 bridgehead atoms. The lowest BCUT2D eigenvalue weighted by Gasteiger charge is -2.10. The van der Waals surface area contributed by atoms with Crippen LogP contribution in [0.15, 0.2) is 36.4 Å². The molecule has 4 heteroatoms. The Hall–Kier alpha value is -1.45. The van der Waals surface area contributed by atoms with E-state index in [2.05, 4.69) is 0 Å². The first-order chi connectivity index (χ1) is 8.49. The maximum atomic E-state index is 13.8. The quantitative estimate of drug-likeness (QED) is 0.862. The summed E-state index contributed by atoms with van der Waals surface area (Å²) in [5.74, 6) is -0.911. The lowest BCUT2D eigenvalue weighted by atomic mass is 10.00. The number of nitrogens with two attached hydrogens (primary N) is 1. The highest BCUT2D eigenvalue weighted by atomic mass is 35.5. The van der Waals surface area contributed by atoms with E-state index in [0.29, 0.717) is 11.1 Å². The fourth-order valence-corrected chi connectivity index (χ4v) is 1.89. The lowest BCUT2D eigenvalue weighted by molar-refractivity contribution is 0.625. The molecule has 0 spiro atoms. The molecule has 2 rings (SSSR count). The molecule has 0 aliphatic carbocycles. The molecule has 2 N–H and O–H groups in total. The van der Waals surface area contributed by atoms with Crippen LogP contribution in [-0.4, -0.2) is 0 Å². The van der Waals surface area contributed by atoms with Crippen LogP contribution in [-0.2, 0) is 0 Å². The van der Waals surface area contributed by atoms with Crippen LogP contribution >= 0.6 is 11.6 Å². The van der Waals surface area contributed by atoms with E-state index in [0.717, 1.165) is 5.56 Å². The normalized spacial score (nSPS) is 12.5. The Labute approximate surface area is 109 Å². The number of hydrogen-bond acceptors (Lipinski definition) is 1. The number of rotatable bonds is 2. The van der Waals surface area contributed by atoms with Crippen molar-refractivity contribution >= 4 is 11.6 Å². The van der Waals surface area contributed by atoms with E-state index < -0.39 is 5.82 Å². The lowest BCUT2D eigenvalue weighted by Crippen LogP contribution is -2.05. The Morgan fingerprint density at radius 3 is 2.33 bits per heavy atom. The van der Waals surface area contributed by atoms with Gasteiger partial charge in [-0.25, -0.2) is 8.78 Å². The highest BCUT2D eigenvalue weighted by molar-refractivity contribution is 6.31. The molecule has 18 heavy (non-hydrogen) atoms. The molecule has 0 aliphatic rings. The van der Waals surface area contributed by atoms with Crippen molar-refractivity contribution in [3.05, 3.63) is 58.6 Å². The van der Waals surface area contributed by atoms with Gasteiger partial charge in [0.05, 0.1) is 5.02 Å². The van der Waals surface area contributed by atoms with E-state index in [1.165, 1.54) is 24.3 Å². The van der Waals surface area contributed by atoms with Gasteiger partial charge < -0.3 is 5.73 Å².